The molecule has 4 heterocycles. The smallest absolute Gasteiger partial charge is 0.187 e. The fourth-order valence-corrected chi connectivity index (χ4v) is 15.9. The van der Waals surface area contributed by atoms with E-state index in [1.54, 1.807) is 0 Å². The van der Waals surface area contributed by atoms with Crippen LogP contribution in [-0.4, -0.2) is 221 Å². The van der Waals surface area contributed by atoms with Gasteiger partial charge in [-0.1, -0.05) is 46.3 Å². The summed E-state index contributed by atoms with van der Waals surface area (Å²) in [4.78, 5) is 0. The molecule has 74 heavy (non-hydrogen) atoms. The Hall–Kier alpha value is -1.10. The van der Waals surface area contributed by atoms with Gasteiger partial charge in [0, 0.05) is 0 Å². The van der Waals surface area contributed by atoms with Crippen molar-refractivity contribution >= 4 is 0 Å². The second-order valence-corrected chi connectivity index (χ2v) is 25.3. The van der Waals surface area contributed by atoms with Gasteiger partial charge in [0.2, 0.25) is 0 Å². The van der Waals surface area contributed by atoms with E-state index < -0.39 is 153 Å². The summed E-state index contributed by atoms with van der Waals surface area (Å²) in [6.45, 7) is 17.5. The molecule has 4 aliphatic carbocycles. The molecule has 29 atom stereocenters. The summed E-state index contributed by atoms with van der Waals surface area (Å²) in [7, 11) is 0. The monoisotopic (exact) mass is 1060 g/mol. The third-order valence-corrected chi connectivity index (χ3v) is 20.5. The first-order valence-corrected chi connectivity index (χ1v) is 27.2. The average molecular weight is 1060 g/mol. The zero-order valence-electron chi connectivity index (χ0n) is 44.6. The number of rotatable bonds is 14. The Morgan fingerprint density at radius 1 is 0.622 bits per heavy atom. The number of fused-ring (bicyclic) bond motifs is 5. The van der Waals surface area contributed by atoms with Crippen molar-refractivity contribution in [2.24, 2.45) is 45.3 Å². The Balaban J connectivity index is 1.01. The first-order valence-electron chi connectivity index (χ1n) is 27.2. The van der Waals surface area contributed by atoms with Crippen molar-refractivity contribution in [3.63, 3.8) is 0 Å². The number of ether oxygens (including phenoxy) is 8. The van der Waals surface area contributed by atoms with E-state index in [9.17, 15) is 66.4 Å². The van der Waals surface area contributed by atoms with E-state index in [-0.39, 0.29) is 46.5 Å². The van der Waals surface area contributed by atoms with E-state index >= 15 is 0 Å². The van der Waals surface area contributed by atoms with Crippen molar-refractivity contribution in [3.05, 3.63) is 11.6 Å². The Labute approximate surface area is 434 Å². The van der Waals surface area contributed by atoms with Crippen LogP contribution >= 0.6 is 0 Å². The third kappa shape index (κ3) is 10.2. The largest absolute Gasteiger partial charge is 0.394 e. The van der Waals surface area contributed by atoms with Crippen molar-refractivity contribution in [1.82, 2.24) is 0 Å². The molecule has 0 aromatic rings. The Morgan fingerprint density at radius 3 is 1.92 bits per heavy atom. The van der Waals surface area contributed by atoms with E-state index in [1.165, 1.54) is 6.92 Å². The maximum absolute atomic E-state index is 12.8. The summed E-state index contributed by atoms with van der Waals surface area (Å²) in [6.07, 6.45) is -20.9. The van der Waals surface area contributed by atoms with Crippen LogP contribution in [0.3, 0.4) is 0 Å². The molecule has 8 rings (SSSR count). The molecule has 13 N–H and O–H groups in total. The number of aliphatic hydroxyl groups is 13. The number of hydrogen-bond acceptors (Lipinski definition) is 21. The van der Waals surface area contributed by atoms with E-state index in [2.05, 4.69) is 40.7 Å². The summed E-state index contributed by atoms with van der Waals surface area (Å²) in [5, 5.41) is 141. The lowest BCUT2D eigenvalue weighted by Crippen LogP contribution is -2.68. The molecule has 4 aliphatic heterocycles. The van der Waals surface area contributed by atoms with Crippen LogP contribution in [0.2, 0.25) is 0 Å². The van der Waals surface area contributed by atoms with Crippen molar-refractivity contribution in [2.45, 2.75) is 255 Å². The molecule has 0 spiro atoms. The minimum absolute atomic E-state index is 0.0752. The summed E-state index contributed by atoms with van der Waals surface area (Å²) in [6, 6.07) is 0. The van der Waals surface area contributed by atoms with Crippen LogP contribution in [0.15, 0.2) is 11.6 Å². The van der Waals surface area contributed by atoms with E-state index in [0.717, 1.165) is 31.3 Å². The molecule has 4 saturated carbocycles. The minimum atomic E-state index is -1.71. The average Bonchev–Trinajstić information content (AvgIpc) is 3.73. The second-order valence-electron chi connectivity index (χ2n) is 25.3. The molecular formula is C53H90O21. The van der Waals surface area contributed by atoms with Crippen LogP contribution in [0, 0.1) is 45.3 Å². The predicted molar refractivity (Wildman–Crippen MR) is 259 cm³/mol. The van der Waals surface area contributed by atoms with Crippen LogP contribution in [0.25, 0.3) is 0 Å². The standard InChI is InChI=1S/C53H90O21/c1-23(2)11-10-15-53(9,74-47-43(66)39(62)37(60)29(71-47)22-68-45-42(65)38(61)34(57)24(3)69-45)25-12-17-52(8)33(25)26(55)19-31-50(6)16-14-32(49(4,5)30(50)13-18-51(31,52)7)72-48-44(40(63)36(59)28(20-54)70-48)73-46-41(64)35(58)27(56)21-67-46/h11,24-48,54-66H,10,12-22H2,1-9H3/t24-,25?,26?,27+,28+,29+,30?,31?,32?,33?,34-,35-,36+,37+,38+,39-,40-,41+,42+,43+,44+,45+,46+,47-,48-,50?,51?,52?,53?/m0/s1. The lowest BCUT2D eigenvalue weighted by molar-refractivity contribution is -0.371. The quantitative estimate of drug-likeness (QED) is 0.0768. The molecule has 10 unspecified atom stereocenters. The molecular weight excluding hydrogens is 973 g/mol. The van der Waals surface area contributed by atoms with Crippen molar-refractivity contribution < 1.29 is 104 Å². The fourth-order valence-electron chi connectivity index (χ4n) is 15.9. The Morgan fingerprint density at radius 2 is 1.24 bits per heavy atom. The van der Waals surface area contributed by atoms with Gasteiger partial charge in [0.25, 0.3) is 0 Å². The SMILES string of the molecule is CC(C)=CCCC(C)(O[C@@H]1O[C@H](CO[C@@H]2O[C@@H](C)[C@H](O)[C@@H](O)[C@H]2O)[C@@H](O)[C@H](O)[C@H]1O)C1CCC2(C)C1C(O)CC1C3(C)CCC(O[C@@H]4O[C@H](CO)[C@@H](O)[C@H](O)[C@H]4O[C@H]4OC[C@@H](O)[C@H](O)[C@H]4O)C(C)(C)C3CCC12C. The molecule has 0 aromatic carbocycles. The van der Waals surface area contributed by atoms with Gasteiger partial charge in [-0.25, -0.2) is 0 Å². The molecule has 0 bridgehead atoms. The molecule has 4 saturated heterocycles. The Bertz CT molecular complexity index is 1930. The normalized spacial score (nSPS) is 53.3. The van der Waals surface area contributed by atoms with Gasteiger partial charge < -0.3 is 104 Å². The molecule has 0 amide bonds. The highest BCUT2D eigenvalue weighted by Crippen LogP contribution is 2.76. The van der Waals surface area contributed by atoms with Crippen LogP contribution in [0.4, 0.5) is 0 Å². The topological polar surface area (TPSA) is 337 Å². The van der Waals surface area contributed by atoms with Crippen molar-refractivity contribution in [2.75, 3.05) is 19.8 Å². The first-order chi connectivity index (χ1) is 34.6. The minimum Gasteiger partial charge on any atom is -0.394 e. The molecule has 8 fully saturated rings. The van der Waals surface area contributed by atoms with Gasteiger partial charge in [-0.05, 0) is 131 Å². The first kappa shape index (κ1) is 59.0. The third-order valence-electron chi connectivity index (χ3n) is 20.5. The Kier molecular flexibility index (Phi) is 17.6. The predicted octanol–water partition coefficient (Wildman–Crippen LogP) is -0.536. The van der Waals surface area contributed by atoms with Gasteiger partial charge in [0.05, 0.1) is 43.7 Å². The van der Waals surface area contributed by atoms with E-state index in [4.69, 9.17) is 37.9 Å². The van der Waals surface area contributed by atoms with Gasteiger partial charge >= 0.3 is 0 Å². The van der Waals surface area contributed by atoms with Crippen molar-refractivity contribution in [3.8, 4) is 0 Å². The number of aliphatic hydroxyl groups excluding tert-OH is 13. The van der Waals surface area contributed by atoms with Gasteiger partial charge in [-0.15, -0.1) is 0 Å². The van der Waals surface area contributed by atoms with Gasteiger partial charge in [0.15, 0.2) is 25.2 Å². The van der Waals surface area contributed by atoms with Crippen LogP contribution in [0.1, 0.15) is 120 Å². The molecule has 0 radical (unpaired) electrons. The highest BCUT2D eigenvalue weighted by molar-refractivity contribution is 5.20. The zero-order valence-corrected chi connectivity index (χ0v) is 44.6. The maximum Gasteiger partial charge on any atom is 0.187 e. The lowest BCUT2D eigenvalue weighted by Gasteiger charge is -2.71. The molecule has 428 valence electrons. The fraction of sp³-hybridized carbons (Fsp3) is 0.962. The molecule has 21 heteroatoms. The van der Waals surface area contributed by atoms with Crippen LogP contribution in [0.5, 0.6) is 0 Å². The van der Waals surface area contributed by atoms with E-state index in [0.29, 0.717) is 32.1 Å². The highest BCUT2D eigenvalue weighted by Gasteiger charge is 2.72. The van der Waals surface area contributed by atoms with Gasteiger partial charge in [0.1, 0.15) is 85.5 Å². The zero-order chi connectivity index (χ0) is 54.4. The molecule has 8 aliphatic rings. The maximum atomic E-state index is 12.8. The number of hydrogen-bond donors (Lipinski definition) is 13. The highest BCUT2D eigenvalue weighted by atomic mass is 16.8. The summed E-state index contributed by atoms with van der Waals surface area (Å²) >= 11 is 0. The summed E-state index contributed by atoms with van der Waals surface area (Å²) in [5.41, 5.74) is -1.36. The summed E-state index contributed by atoms with van der Waals surface area (Å²) < 4.78 is 49.0. The van der Waals surface area contributed by atoms with Crippen LogP contribution < -0.4 is 0 Å². The van der Waals surface area contributed by atoms with Gasteiger partial charge in [-0.3, -0.25) is 0 Å². The van der Waals surface area contributed by atoms with E-state index in [1.807, 2.05) is 20.8 Å². The van der Waals surface area contributed by atoms with Crippen LogP contribution in [-0.2, 0) is 37.9 Å². The molecule has 21 nitrogen and oxygen atoms in total. The lowest BCUT2D eigenvalue weighted by atomic mass is 9.35. The second kappa shape index (κ2) is 22.1. The van der Waals surface area contributed by atoms with Crippen molar-refractivity contribution in [1.29, 1.82) is 0 Å². The van der Waals surface area contributed by atoms with Gasteiger partial charge in [-0.2, -0.15) is 0 Å². The number of allylic oxidation sites excluding steroid dienone is 2. The molecule has 0 aromatic heterocycles. The summed E-state index contributed by atoms with van der Waals surface area (Å²) in [5.74, 6) is -0.318.